The molecular formula is C22H17F3N6O3. The van der Waals surface area contributed by atoms with Crippen molar-refractivity contribution in [2.75, 3.05) is 0 Å². The highest BCUT2D eigenvalue weighted by Gasteiger charge is 2.68. The number of nitrogens with zero attached hydrogens (tertiary/aromatic N) is 5. The highest BCUT2D eigenvalue weighted by molar-refractivity contribution is 6.08. The minimum absolute atomic E-state index is 0.0305. The number of fused-ring (bicyclic) bond motifs is 3. The van der Waals surface area contributed by atoms with Crippen molar-refractivity contribution in [1.82, 2.24) is 29.4 Å². The number of carbonyl (C=O) groups is 2. The van der Waals surface area contributed by atoms with Gasteiger partial charge in [-0.05, 0) is 24.6 Å². The summed E-state index contributed by atoms with van der Waals surface area (Å²) >= 11 is 0. The first-order chi connectivity index (χ1) is 16.2. The number of aromatic nitrogens is 4. The molecule has 1 aliphatic heterocycles. The van der Waals surface area contributed by atoms with E-state index in [1.54, 1.807) is 31.2 Å². The van der Waals surface area contributed by atoms with E-state index < -0.39 is 35.8 Å². The van der Waals surface area contributed by atoms with Gasteiger partial charge in [-0.3, -0.25) is 23.5 Å². The van der Waals surface area contributed by atoms with Crippen LogP contribution in [-0.4, -0.2) is 42.2 Å². The van der Waals surface area contributed by atoms with Gasteiger partial charge < -0.3 is 5.32 Å². The summed E-state index contributed by atoms with van der Waals surface area (Å²) in [6, 6.07) is 11.9. The number of benzene rings is 2. The zero-order valence-corrected chi connectivity index (χ0v) is 17.7. The number of amides is 3. The lowest BCUT2D eigenvalue weighted by Gasteiger charge is -2.29. The van der Waals surface area contributed by atoms with Gasteiger partial charge in [0.25, 0.3) is 11.5 Å². The van der Waals surface area contributed by atoms with E-state index in [0.29, 0.717) is 15.8 Å². The van der Waals surface area contributed by atoms with Crippen LogP contribution in [-0.2, 0) is 23.4 Å². The monoisotopic (exact) mass is 470 g/mol. The highest BCUT2D eigenvalue weighted by atomic mass is 19.4. The summed E-state index contributed by atoms with van der Waals surface area (Å²) in [7, 11) is 0. The van der Waals surface area contributed by atoms with Crippen molar-refractivity contribution in [3.8, 4) is 0 Å². The van der Waals surface area contributed by atoms with Gasteiger partial charge >= 0.3 is 12.2 Å². The van der Waals surface area contributed by atoms with Crippen molar-refractivity contribution in [1.29, 1.82) is 0 Å². The molecule has 9 nitrogen and oxygen atoms in total. The number of aryl methyl sites for hydroxylation is 1. The minimum atomic E-state index is -5.10. The van der Waals surface area contributed by atoms with Crippen molar-refractivity contribution < 1.29 is 22.8 Å². The maximum atomic E-state index is 14.2. The summed E-state index contributed by atoms with van der Waals surface area (Å²) in [6.07, 6.45) is -5.10. The normalized spacial score (nSPS) is 18.8. The van der Waals surface area contributed by atoms with E-state index in [9.17, 15) is 27.6 Å². The second-order valence-electron chi connectivity index (χ2n) is 7.75. The quantitative estimate of drug-likeness (QED) is 0.462. The van der Waals surface area contributed by atoms with Gasteiger partial charge in [0, 0.05) is 6.54 Å². The van der Waals surface area contributed by atoms with Crippen molar-refractivity contribution >= 4 is 28.6 Å². The Kier molecular flexibility index (Phi) is 4.71. The fourth-order valence-corrected chi connectivity index (χ4v) is 4.30. The Hall–Kier alpha value is -4.22. The van der Waals surface area contributed by atoms with Crippen LogP contribution < -0.4 is 10.9 Å². The molecule has 1 unspecified atom stereocenters. The van der Waals surface area contributed by atoms with E-state index in [-0.39, 0.29) is 23.7 Å². The Morgan fingerprint density at radius 3 is 2.32 bits per heavy atom. The molecule has 4 aromatic rings. The standard InChI is InChI=1S/C22H17F3N6O3/c1-2-29-17(32)14-10-6-7-11-15(14)31-16(27-28-19(29)31)12-30-18(33)21(22(23,24)25,26-20(30)34)13-8-4-3-5-9-13/h3-11H,2,12H2,1H3,(H,26,34). The summed E-state index contributed by atoms with van der Waals surface area (Å²) in [4.78, 5) is 39.2. The number of imide groups is 1. The third kappa shape index (κ3) is 2.84. The van der Waals surface area contributed by atoms with E-state index in [2.05, 4.69) is 10.2 Å². The second-order valence-corrected chi connectivity index (χ2v) is 7.75. The van der Waals surface area contributed by atoms with Crippen LogP contribution in [0, 0.1) is 0 Å². The lowest BCUT2D eigenvalue weighted by Crippen LogP contribution is -2.55. The van der Waals surface area contributed by atoms with Gasteiger partial charge in [-0.25, -0.2) is 4.79 Å². The van der Waals surface area contributed by atoms with E-state index >= 15 is 0 Å². The van der Waals surface area contributed by atoms with Gasteiger partial charge in [0.15, 0.2) is 5.82 Å². The summed E-state index contributed by atoms with van der Waals surface area (Å²) in [5.41, 5.74) is -3.52. The first-order valence-corrected chi connectivity index (χ1v) is 10.3. The third-order valence-electron chi connectivity index (χ3n) is 5.93. The molecule has 0 bridgehead atoms. The molecule has 2 aromatic carbocycles. The van der Waals surface area contributed by atoms with Crippen LogP contribution >= 0.6 is 0 Å². The van der Waals surface area contributed by atoms with Gasteiger partial charge in [0.1, 0.15) is 0 Å². The number of rotatable bonds is 4. The minimum Gasteiger partial charge on any atom is -0.312 e. The van der Waals surface area contributed by atoms with E-state index in [4.69, 9.17) is 0 Å². The molecule has 0 spiro atoms. The Bertz CT molecular complexity index is 1510. The van der Waals surface area contributed by atoms with E-state index in [1.807, 2.05) is 5.32 Å². The average molecular weight is 470 g/mol. The molecule has 1 fully saturated rings. The zero-order chi connectivity index (χ0) is 24.3. The molecule has 5 rings (SSSR count). The van der Waals surface area contributed by atoms with E-state index in [0.717, 1.165) is 12.1 Å². The Morgan fingerprint density at radius 1 is 0.971 bits per heavy atom. The van der Waals surface area contributed by atoms with Crippen LogP contribution in [0.3, 0.4) is 0 Å². The molecule has 34 heavy (non-hydrogen) atoms. The number of hydrogen-bond donors (Lipinski definition) is 1. The van der Waals surface area contributed by atoms with Gasteiger partial charge in [0.2, 0.25) is 11.3 Å². The summed E-state index contributed by atoms with van der Waals surface area (Å²) in [6.45, 7) is 1.42. The number of para-hydroxylation sites is 1. The van der Waals surface area contributed by atoms with Gasteiger partial charge in [0.05, 0.1) is 17.4 Å². The van der Waals surface area contributed by atoms with Crippen molar-refractivity contribution in [3.05, 3.63) is 76.3 Å². The van der Waals surface area contributed by atoms with Crippen LogP contribution in [0.25, 0.3) is 16.7 Å². The number of urea groups is 1. The average Bonchev–Trinajstić information content (AvgIpc) is 3.35. The molecule has 2 aromatic heterocycles. The van der Waals surface area contributed by atoms with Crippen LogP contribution in [0.1, 0.15) is 18.3 Å². The molecule has 1 atom stereocenters. The lowest BCUT2D eigenvalue weighted by molar-refractivity contribution is -0.198. The summed E-state index contributed by atoms with van der Waals surface area (Å²) in [5.74, 6) is -1.29. The smallest absolute Gasteiger partial charge is 0.312 e. The molecule has 12 heteroatoms. The molecule has 3 heterocycles. The van der Waals surface area contributed by atoms with Crippen LogP contribution in [0.15, 0.2) is 59.4 Å². The predicted octanol–water partition coefficient (Wildman–Crippen LogP) is 2.57. The van der Waals surface area contributed by atoms with Crippen LogP contribution in [0.2, 0.25) is 0 Å². The fourth-order valence-electron chi connectivity index (χ4n) is 4.30. The maximum absolute atomic E-state index is 14.2. The number of carbonyl (C=O) groups excluding carboxylic acids is 2. The zero-order valence-electron chi connectivity index (χ0n) is 17.7. The van der Waals surface area contributed by atoms with Gasteiger partial charge in [-0.2, -0.15) is 13.2 Å². The second kappa shape index (κ2) is 7.40. The van der Waals surface area contributed by atoms with Gasteiger partial charge in [-0.1, -0.05) is 42.5 Å². The van der Waals surface area contributed by atoms with Crippen LogP contribution in [0.5, 0.6) is 0 Å². The molecule has 1 aliphatic rings. The number of nitrogens with one attached hydrogen (secondary N) is 1. The molecule has 1 saturated heterocycles. The first kappa shape index (κ1) is 21.6. The molecule has 0 aliphatic carbocycles. The third-order valence-corrected chi connectivity index (χ3v) is 5.93. The lowest BCUT2D eigenvalue weighted by atomic mass is 9.89. The Morgan fingerprint density at radius 2 is 1.65 bits per heavy atom. The van der Waals surface area contributed by atoms with Crippen molar-refractivity contribution in [3.63, 3.8) is 0 Å². The highest BCUT2D eigenvalue weighted by Crippen LogP contribution is 2.43. The SMILES string of the molecule is CCn1c(=O)c2ccccc2n2c(CN3C(=O)NC(c4ccccc4)(C(F)(F)F)C3=O)nnc12. The predicted molar refractivity (Wildman–Crippen MR) is 114 cm³/mol. The molecular weight excluding hydrogens is 453 g/mol. The summed E-state index contributed by atoms with van der Waals surface area (Å²) < 4.78 is 45.6. The van der Waals surface area contributed by atoms with Crippen molar-refractivity contribution in [2.24, 2.45) is 0 Å². The molecule has 0 radical (unpaired) electrons. The Labute approximate surface area is 189 Å². The number of halogens is 3. The molecule has 3 amide bonds. The number of alkyl halides is 3. The summed E-state index contributed by atoms with van der Waals surface area (Å²) in [5, 5.41) is 10.2. The van der Waals surface area contributed by atoms with E-state index in [1.165, 1.54) is 27.2 Å². The van der Waals surface area contributed by atoms with Crippen LogP contribution in [0.4, 0.5) is 18.0 Å². The topological polar surface area (TPSA) is 102 Å². The fraction of sp³-hybridized carbons (Fsp3) is 0.227. The molecule has 0 saturated carbocycles. The molecule has 174 valence electrons. The largest absolute Gasteiger partial charge is 0.425 e. The first-order valence-electron chi connectivity index (χ1n) is 10.3. The maximum Gasteiger partial charge on any atom is 0.425 e. The number of hydrogen-bond acceptors (Lipinski definition) is 5. The molecule has 1 N–H and O–H groups in total. The van der Waals surface area contributed by atoms with Crippen molar-refractivity contribution in [2.45, 2.75) is 31.7 Å². The Balaban J connectivity index is 1.66. The van der Waals surface area contributed by atoms with Gasteiger partial charge in [-0.15, -0.1) is 10.2 Å².